The maximum absolute atomic E-state index is 12.7. The average molecular weight is 419 g/mol. The summed E-state index contributed by atoms with van der Waals surface area (Å²) in [5.41, 5.74) is 2.19. The molecule has 0 bridgehead atoms. The Bertz CT molecular complexity index is 714. The van der Waals surface area contributed by atoms with Gasteiger partial charge in [-0.05, 0) is 30.7 Å². The number of nitrogens with zero attached hydrogens (tertiary/aromatic N) is 2. The molecule has 2 aromatic rings. The second kappa shape index (κ2) is 7.14. The molecule has 0 spiro atoms. The van der Waals surface area contributed by atoms with Crippen molar-refractivity contribution >= 4 is 45.1 Å². The monoisotopic (exact) mass is 418 g/mol. The Labute approximate surface area is 150 Å². The van der Waals surface area contributed by atoms with Crippen LogP contribution in [0.25, 0.3) is 0 Å². The molecule has 1 aliphatic heterocycles. The van der Waals surface area contributed by atoms with Crippen LogP contribution < -0.4 is 13.3 Å². The number of rotatable bonds is 5. The summed E-state index contributed by atoms with van der Waals surface area (Å²) >= 11 is 4.78. The topological polar surface area (TPSA) is 15.7 Å². The van der Waals surface area contributed by atoms with Crippen LogP contribution in [0, 0.1) is 0 Å². The maximum Gasteiger partial charge on any atom is 0.573 e. The van der Waals surface area contributed by atoms with Crippen molar-refractivity contribution in [2.24, 2.45) is 0 Å². The van der Waals surface area contributed by atoms with E-state index in [1.54, 1.807) is 16.4 Å². The van der Waals surface area contributed by atoms with Crippen LogP contribution in [0.3, 0.4) is 0 Å². The van der Waals surface area contributed by atoms with E-state index in [-0.39, 0.29) is 5.75 Å². The highest BCUT2D eigenvalue weighted by atomic mass is 79.9. The number of halogens is 4. The lowest BCUT2D eigenvalue weighted by Gasteiger charge is -2.22. The van der Waals surface area contributed by atoms with E-state index in [0.29, 0.717) is 5.69 Å². The molecule has 0 aromatic heterocycles. The Morgan fingerprint density at radius 1 is 0.958 bits per heavy atom. The highest BCUT2D eigenvalue weighted by Gasteiger charge is 2.35. The Morgan fingerprint density at radius 2 is 1.58 bits per heavy atom. The molecule has 3 nitrogen and oxygen atoms in total. The SMILES string of the molecule is FC(F)(F)Oc1ccccc1N1SN(CCCBr)c2ccccc21. The Kier molecular flexibility index (Phi) is 5.15. The third kappa shape index (κ3) is 3.75. The van der Waals surface area contributed by atoms with Gasteiger partial charge in [0.15, 0.2) is 5.75 Å². The summed E-state index contributed by atoms with van der Waals surface area (Å²) in [6, 6.07) is 13.8. The molecule has 0 atom stereocenters. The lowest BCUT2D eigenvalue weighted by atomic mass is 10.2. The van der Waals surface area contributed by atoms with Crippen LogP contribution in [0.2, 0.25) is 0 Å². The van der Waals surface area contributed by atoms with Gasteiger partial charge < -0.3 is 4.74 Å². The molecule has 8 heteroatoms. The van der Waals surface area contributed by atoms with Gasteiger partial charge in [0, 0.05) is 11.9 Å². The van der Waals surface area contributed by atoms with Gasteiger partial charge in [0.25, 0.3) is 0 Å². The maximum atomic E-state index is 12.7. The molecular weight excluding hydrogens is 405 g/mol. The van der Waals surface area contributed by atoms with E-state index in [1.165, 1.54) is 24.3 Å². The molecule has 24 heavy (non-hydrogen) atoms. The zero-order chi connectivity index (χ0) is 17.2. The van der Waals surface area contributed by atoms with Crippen molar-refractivity contribution in [2.45, 2.75) is 12.8 Å². The van der Waals surface area contributed by atoms with Crippen molar-refractivity contribution in [3.8, 4) is 5.75 Å². The standard InChI is InChI=1S/C16H14BrF3N2OS/c17-10-5-11-21-12-6-1-2-7-13(12)22(24-21)14-8-3-4-9-15(14)23-16(18,19)20/h1-4,6-9H,5,10-11H2. The first-order chi connectivity index (χ1) is 11.5. The summed E-state index contributed by atoms with van der Waals surface area (Å²) in [5.74, 6) is -0.213. The van der Waals surface area contributed by atoms with Gasteiger partial charge in [-0.25, -0.2) is 0 Å². The van der Waals surface area contributed by atoms with E-state index in [4.69, 9.17) is 0 Å². The van der Waals surface area contributed by atoms with E-state index < -0.39 is 6.36 Å². The molecule has 0 radical (unpaired) electrons. The van der Waals surface area contributed by atoms with Gasteiger partial charge in [-0.1, -0.05) is 40.2 Å². The van der Waals surface area contributed by atoms with Crippen molar-refractivity contribution in [3.05, 3.63) is 48.5 Å². The smallest absolute Gasteiger partial charge is 0.404 e. The number of hydrogen-bond acceptors (Lipinski definition) is 4. The molecule has 1 heterocycles. The predicted molar refractivity (Wildman–Crippen MR) is 95.1 cm³/mol. The minimum Gasteiger partial charge on any atom is -0.404 e. The van der Waals surface area contributed by atoms with Crippen LogP contribution in [-0.4, -0.2) is 18.2 Å². The summed E-state index contributed by atoms with van der Waals surface area (Å²) < 4.78 is 46.1. The van der Waals surface area contributed by atoms with Gasteiger partial charge in [0.05, 0.1) is 29.2 Å². The Morgan fingerprint density at radius 3 is 2.25 bits per heavy atom. The molecule has 0 fully saturated rings. The Hall–Kier alpha value is -1.54. The number of alkyl halides is 4. The molecule has 2 aromatic carbocycles. The second-order valence-electron chi connectivity index (χ2n) is 5.02. The van der Waals surface area contributed by atoms with Gasteiger partial charge in [-0.3, -0.25) is 8.61 Å². The first kappa shape index (κ1) is 17.3. The first-order valence-corrected chi connectivity index (χ1v) is 9.10. The zero-order valence-corrected chi connectivity index (χ0v) is 14.9. The molecule has 0 N–H and O–H groups in total. The predicted octanol–water partition coefficient (Wildman–Crippen LogP) is 5.89. The third-order valence-electron chi connectivity index (χ3n) is 3.35. The van der Waals surface area contributed by atoms with Gasteiger partial charge in [0.2, 0.25) is 0 Å². The molecule has 0 amide bonds. The minimum absolute atomic E-state index is 0.213. The minimum atomic E-state index is -4.73. The molecule has 0 saturated heterocycles. The molecule has 0 aliphatic carbocycles. The molecule has 1 aliphatic rings. The molecule has 0 unspecified atom stereocenters. The fourth-order valence-corrected chi connectivity index (χ4v) is 3.79. The van der Waals surface area contributed by atoms with Crippen LogP contribution in [0.15, 0.2) is 48.5 Å². The summed E-state index contributed by atoms with van der Waals surface area (Å²) in [6.07, 6.45) is -3.80. The van der Waals surface area contributed by atoms with Crippen LogP contribution in [-0.2, 0) is 0 Å². The first-order valence-electron chi connectivity index (χ1n) is 7.25. The summed E-state index contributed by atoms with van der Waals surface area (Å²) in [7, 11) is 0. The highest BCUT2D eigenvalue weighted by molar-refractivity contribution is 9.09. The number of para-hydroxylation sites is 4. The van der Waals surface area contributed by atoms with Crippen molar-refractivity contribution in [3.63, 3.8) is 0 Å². The van der Waals surface area contributed by atoms with Crippen molar-refractivity contribution in [1.29, 1.82) is 0 Å². The molecule has 0 saturated carbocycles. The highest BCUT2D eigenvalue weighted by Crippen LogP contribution is 2.51. The number of ether oxygens (including phenoxy) is 1. The molecule has 3 rings (SSSR count). The van der Waals surface area contributed by atoms with E-state index in [0.717, 1.165) is 29.7 Å². The van der Waals surface area contributed by atoms with Gasteiger partial charge in [-0.15, -0.1) is 13.2 Å². The number of benzene rings is 2. The van der Waals surface area contributed by atoms with Crippen LogP contribution >= 0.6 is 28.1 Å². The van der Waals surface area contributed by atoms with Gasteiger partial charge >= 0.3 is 6.36 Å². The van der Waals surface area contributed by atoms with Gasteiger partial charge in [-0.2, -0.15) is 0 Å². The number of fused-ring (bicyclic) bond motifs is 1. The van der Waals surface area contributed by atoms with Crippen LogP contribution in [0.5, 0.6) is 5.75 Å². The average Bonchev–Trinajstić information content (AvgIpc) is 2.91. The van der Waals surface area contributed by atoms with E-state index >= 15 is 0 Å². The fraction of sp³-hybridized carbons (Fsp3) is 0.250. The van der Waals surface area contributed by atoms with E-state index in [1.807, 2.05) is 24.3 Å². The summed E-state index contributed by atoms with van der Waals surface area (Å²) in [4.78, 5) is 0. The van der Waals surface area contributed by atoms with Crippen molar-refractivity contribution < 1.29 is 17.9 Å². The van der Waals surface area contributed by atoms with Crippen molar-refractivity contribution in [1.82, 2.24) is 0 Å². The van der Waals surface area contributed by atoms with Crippen molar-refractivity contribution in [2.75, 3.05) is 20.5 Å². The quantitative estimate of drug-likeness (QED) is 0.443. The number of hydrogen-bond donors (Lipinski definition) is 0. The fourth-order valence-electron chi connectivity index (χ4n) is 2.41. The lowest BCUT2D eigenvalue weighted by molar-refractivity contribution is -0.274. The summed E-state index contributed by atoms with van der Waals surface area (Å²) in [5, 5.41) is 0.861. The summed E-state index contributed by atoms with van der Waals surface area (Å²) in [6.45, 7) is 0.783. The second-order valence-corrected chi connectivity index (χ2v) is 6.79. The lowest BCUT2D eigenvalue weighted by Crippen LogP contribution is -2.19. The largest absolute Gasteiger partial charge is 0.573 e. The van der Waals surface area contributed by atoms with Crippen LogP contribution in [0.1, 0.15) is 6.42 Å². The van der Waals surface area contributed by atoms with Gasteiger partial charge in [0.1, 0.15) is 0 Å². The molecule has 128 valence electrons. The number of anilines is 3. The van der Waals surface area contributed by atoms with Crippen LogP contribution in [0.4, 0.5) is 30.2 Å². The normalized spacial score (nSPS) is 14.0. The third-order valence-corrected chi connectivity index (χ3v) is 5.05. The Balaban J connectivity index is 1.96. The van der Waals surface area contributed by atoms with E-state index in [9.17, 15) is 13.2 Å². The zero-order valence-electron chi connectivity index (χ0n) is 12.5. The van der Waals surface area contributed by atoms with E-state index in [2.05, 4.69) is 25.0 Å². The molecular formula is C16H14BrF3N2OS.